The van der Waals surface area contributed by atoms with Gasteiger partial charge in [0.1, 0.15) is 5.75 Å². The molecule has 4 rings (SSSR count). The first-order valence-electron chi connectivity index (χ1n) is 10.2. The van der Waals surface area contributed by atoms with Gasteiger partial charge in [0.05, 0.1) is 46.8 Å². The molecule has 0 aliphatic carbocycles. The smallest absolute Gasteiger partial charge is 0.316 e. The Hall–Kier alpha value is -2.78. The van der Waals surface area contributed by atoms with E-state index in [4.69, 9.17) is 21.1 Å². The fourth-order valence-electron chi connectivity index (χ4n) is 3.59. The molecule has 0 saturated carbocycles. The maximum absolute atomic E-state index is 11.8. The highest BCUT2D eigenvalue weighted by Crippen LogP contribution is 2.29. The Bertz CT molecular complexity index is 1070. The molecule has 0 radical (unpaired) electrons. The second kappa shape index (κ2) is 10.2. The number of halogens is 1. The van der Waals surface area contributed by atoms with Gasteiger partial charge in [-0.3, -0.25) is 4.21 Å². The number of aromatic nitrogens is 4. The molecular formula is C22H24ClN5O3S. The molecule has 8 nitrogen and oxygen atoms in total. The van der Waals surface area contributed by atoms with Gasteiger partial charge < -0.3 is 14.4 Å². The molecule has 0 bridgehead atoms. The molecule has 2 aromatic heterocycles. The molecule has 1 aromatic carbocycles. The van der Waals surface area contributed by atoms with Crippen LogP contribution in [0.5, 0.6) is 11.8 Å². The first kappa shape index (κ1) is 22.4. The lowest BCUT2D eigenvalue weighted by Crippen LogP contribution is -2.36. The molecule has 0 spiro atoms. The number of piperidine rings is 1. The Labute approximate surface area is 194 Å². The van der Waals surface area contributed by atoms with E-state index in [0.717, 1.165) is 37.1 Å². The number of nitrogens with zero attached hydrogens (tertiary/aromatic N) is 5. The molecule has 3 aromatic rings. The van der Waals surface area contributed by atoms with Crippen molar-refractivity contribution in [2.45, 2.75) is 17.7 Å². The molecule has 168 valence electrons. The van der Waals surface area contributed by atoms with Gasteiger partial charge in [-0.2, -0.15) is 0 Å². The van der Waals surface area contributed by atoms with Crippen LogP contribution in [0.15, 0.2) is 47.9 Å². The molecule has 1 saturated heterocycles. The number of hydrogen-bond acceptors (Lipinski definition) is 8. The van der Waals surface area contributed by atoms with E-state index in [-0.39, 0.29) is 0 Å². The first-order chi connectivity index (χ1) is 15.5. The lowest BCUT2D eigenvalue weighted by Gasteiger charge is -2.31. The largest absolute Gasteiger partial charge is 0.495 e. The van der Waals surface area contributed by atoms with Crippen LogP contribution in [0.25, 0.3) is 11.1 Å². The summed E-state index contributed by atoms with van der Waals surface area (Å²) in [6.45, 7) is 2.31. The number of rotatable bonds is 7. The van der Waals surface area contributed by atoms with Crippen LogP contribution in [-0.4, -0.2) is 57.2 Å². The number of hydrogen-bond donors (Lipinski definition) is 0. The van der Waals surface area contributed by atoms with Gasteiger partial charge in [0.15, 0.2) is 0 Å². The van der Waals surface area contributed by atoms with Gasteiger partial charge in [-0.05, 0) is 36.5 Å². The third-order valence-electron chi connectivity index (χ3n) is 5.39. The summed E-state index contributed by atoms with van der Waals surface area (Å²) >= 11 is 5.86. The van der Waals surface area contributed by atoms with Crippen LogP contribution in [0.3, 0.4) is 0 Å². The molecule has 1 atom stereocenters. The Morgan fingerprint density at radius 1 is 1.06 bits per heavy atom. The van der Waals surface area contributed by atoms with Crippen molar-refractivity contribution in [3.05, 3.63) is 48.0 Å². The van der Waals surface area contributed by atoms with Crippen molar-refractivity contribution >= 4 is 28.3 Å². The molecule has 1 fully saturated rings. The maximum atomic E-state index is 11.8. The molecular weight excluding hydrogens is 450 g/mol. The van der Waals surface area contributed by atoms with Crippen LogP contribution in [0, 0.1) is 5.92 Å². The summed E-state index contributed by atoms with van der Waals surface area (Å²) < 4.78 is 23.0. The Balaban J connectivity index is 1.31. The van der Waals surface area contributed by atoms with Crippen LogP contribution in [0.1, 0.15) is 12.8 Å². The summed E-state index contributed by atoms with van der Waals surface area (Å²) in [5.41, 5.74) is 1.72. The highest BCUT2D eigenvalue weighted by atomic mass is 35.5. The Morgan fingerprint density at radius 3 is 2.38 bits per heavy atom. The van der Waals surface area contributed by atoms with Crippen LogP contribution < -0.4 is 14.4 Å². The van der Waals surface area contributed by atoms with Crippen molar-refractivity contribution in [1.29, 1.82) is 0 Å². The predicted octanol–water partition coefficient (Wildman–Crippen LogP) is 3.63. The standard InChI is InChI=1S/C22H24ClN5O3S/c1-30-19-9-16(3-4-20(19)32(2)29)17-10-26-22(27-11-17)31-14-15-5-7-28(8-6-15)21-24-12-18(23)13-25-21/h3-4,9-13,15H,5-8,14H2,1-2H3/t32-/m0/s1. The summed E-state index contributed by atoms with van der Waals surface area (Å²) in [5, 5.41) is 0.539. The third-order valence-corrected chi connectivity index (χ3v) is 6.54. The van der Waals surface area contributed by atoms with E-state index < -0.39 is 10.8 Å². The molecule has 1 aliphatic rings. The fourth-order valence-corrected chi connectivity index (χ4v) is 4.37. The van der Waals surface area contributed by atoms with Crippen molar-refractivity contribution < 1.29 is 13.7 Å². The highest BCUT2D eigenvalue weighted by molar-refractivity contribution is 7.84. The number of ether oxygens (including phenoxy) is 2. The zero-order chi connectivity index (χ0) is 22.5. The summed E-state index contributed by atoms with van der Waals surface area (Å²) in [7, 11) is 0.445. The van der Waals surface area contributed by atoms with Crippen molar-refractivity contribution in [3.63, 3.8) is 0 Å². The number of methoxy groups -OCH3 is 1. The van der Waals surface area contributed by atoms with Crippen LogP contribution in [0.4, 0.5) is 5.95 Å². The Kier molecular flexibility index (Phi) is 7.16. The van der Waals surface area contributed by atoms with Crippen molar-refractivity contribution in [1.82, 2.24) is 19.9 Å². The molecule has 32 heavy (non-hydrogen) atoms. The number of anilines is 1. The zero-order valence-electron chi connectivity index (χ0n) is 17.9. The first-order valence-corrected chi connectivity index (χ1v) is 12.2. The van der Waals surface area contributed by atoms with Gasteiger partial charge in [-0.15, -0.1) is 0 Å². The van der Waals surface area contributed by atoms with E-state index in [1.54, 1.807) is 44.2 Å². The van der Waals surface area contributed by atoms with E-state index in [0.29, 0.717) is 40.2 Å². The van der Waals surface area contributed by atoms with E-state index in [2.05, 4.69) is 24.8 Å². The third kappa shape index (κ3) is 5.34. The summed E-state index contributed by atoms with van der Waals surface area (Å²) in [4.78, 5) is 20.1. The lowest BCUT2D eigenvalue weighted by molar-refractivity contribution is 0.208. The molecule has 3 heterocycles. The maximum Gasteiger partial charge on any atom is 0.316 e. The average Bonchev–Trinajstić information content (AvgIpc) is 2.83. The van der Waals surface area contributed by atoms with Crippen molar-refractivity contribution in [2.75, 3.05) is 38.0 Å². The minimum Gasteiger partial charge on any atom is -0.495 e. The van der Waals surface area contributed by atoms with E-state index in [1.807, 2.05) is 12.1 Å². The molecule has 1 aliphatic heterocycles. The zero-order valence-corrected chi connectivity index (χ0v) is 19.5. The van der Waals surface area contributed by atoms with Crippen LogP contribution in [0.2, 0.25) is 5.02 Å². The molecule has 10 heteroatoms. The topological polar surface area (TPSA) is 90.3 Å². The lowest BCUT2D eigenvalue weighted by atomic mass is 9.98. The number of benzene rings is 1. The SMILES string of the molecule is COc1cc(-c2cnc(OCC3CCN(c4ncc(Cl)cn4)CC3)nc2)ccc1[S@](C)=O. The summed E-state index contributed by atoms with van der Waals surface area (Å²) in [5.74, 6) is 1.72. The minimum atomic E-state index is -1.12. The minimum absolute atomic E-state index is 0.357. The van der Waals surface area contributed by atoms with Gasteiger partial charge in [0.2, 0.25) is 5.95 Å². The van der Waals surface area contributed by atoms with Crippen molar-refractivity contribution in [3.8, 4) is 22.9 Å². The normalized spacial score (nSPS) is 15.4. The fraction of sp³-hybridized carbons (Fsp3) is 0.364. The molecule has 0 amide bonds. The van der Waals surface area contributed by atoms with Crippen molar-refractivity contribution in [2.24, 2.45) is 5.92 Å². The van der Waals surface area contributed by atoms with E-state index >= 15 is 0 Å². The summed E-state index contributed by atoms with van der Waals surface area (Å²) in [6.07, 6.45) is 10.3. The quantitative estimate of drug-likeness (QED) is 0.513. The predicted molar refractivity (Wildman–Crippen MR) is 124 cm³/mol. The van der Waals surface area contributed by atoms with E-state index in [1.165, 1.54) is 0 Å². The second-order valence-corrected chi connectivity index (χ2v) is 9.30. The monoisotopic (exact) mass is 473 g/mol. The van der Waals surface area contributed by atoms with Gasteiger partial charge in [-0.25, -0.2) is 19.9 Å². The van der Waals surface area contributed by atoms with Gasteiger partial charge in [0.25, 0.3) is 0 Å². The average molecular weight is 474 g/mol. The van der Waals surface area contributed by atoms with Gasteiger partial charge in [0, 0.05) is 37.3 Å². The molecule has 0 unspecified atom stereocenters. The van der Waals surface area contributed by atoms with Crippen LogP contribution in [-0.2, 0) is 10.8 Å². The van der Waals surface area contributed by atoms with Gasteiger partial charge in [-0.1, -0.05) is 17.7 Å². The van der Waals surface area contributed by atoms with Crippen LogP contribution >= 0.6 is 11.6 Å². The molecule has 0 N–H and O–H groups in total. The van der Waals surface area contributed by atoms with Gasteiger partial charge >= 0.3 is 6.01 Å². The summed E-state index contributed by atoms with van der Waals surface area (Å²) in [6, 6.07) is 5.89. The highest BCUT2D eigenvalue weighted by Gasteiger charge is 2.22. The second-order valence-electron chi connectivity index (χ2n) is 7.52. The Morgan fingerprint density at radius 2 is 1.75 bits per heavy atom. The van der Waals surface area contributed by atoms with E-state index in [9.17, 15) is 4.21 Å².